The van der Waals surface area contributed by atoms with Crippen molar-refractivity contribution >= 4 is 31.9 Å². The standard InChI is InChI=1S/C9H10Br2O2/c1-12-8-4-3-7(11)9(13-2)6(8)5-10/h3-4H,5H2,1-2H3. The lowest BCUT2D eigenvalue weighted by atomic mass is 10.2. The SMILES string of the molecule is COc1ccc(Br)c(OC)c1CBr. The maximum absolute atomic E-state index is 5.25. The van der Waals surface area contributed by atoms with E-state index in [-0.39, 0.29) is 0 Å². The van der Waals surface area contributed by atoms with E-state index in [0.717, 1.165) is 21.5 Å². The Balaban J connectivity index is 3.27. The van der Waals surface area contributed by atoms with E-state index in [1.807, 2.05) is 12.1 Å². The van der Waals surface area contributed by atoms with E-state index < -0.39 is 0 Å². The van der Waals surface area contributed by atoms with E-state index >= 15 is 0 Å². The van der Waals surface area contributed by atoms with Crippen molar-refractivity contribution in [1.29, 1.82) is 0 Å². The number of rotatable bonds is 3. The van der Waals surface area contributed by atoms with E-state index in [9.17, 15) is 0 Å². The molecule has 0 heterocycles. The van der Waals surface area contributed by atoms with Gasteiger partial charge < -0.3 is 9.47 Å². The van der Waals surface area contributed by atoms with Gasteiger partial charge in [-0.3, -0.25) is 0 Å². The average molecular weight is 310 g/mol. The number of halogens is 2. The summed E-state index contributed by atoms with van der Waals surface area (Å²) >= 11 is 6.80. The predicted molar refractivity (Wildman–Crippen MR) is 59.9 cm³/mol. The summed E-state index contributed by atoms with van der Waals surface area (Å²) in [5, 5.41) is 0.707. The van der Waals surface area contributed by atoms with Crippen LogP contribution in [0.3, 0.4) is 0 Å². The van der Waals surface area contributed by atoms with Crippen molar-refractivity contribution in [2.75, 3.05) is 14.2 Å². The number of hydrogen-bond acceptors (Lipinski definition) is 2. The summed E-state index contributed by atoms with van der Waals surface area (Å²) in [6, 6.07) is 3.81. The lowest BCUT2D eigenvalue weighted by Crippen LogP contribution is -1.95. The minimum absolute atomic E-state index is 0.707. The Morgan fingerprint density at radius 3 is 2.38 bits per heavy atom. The van der Waals surface area contributed by atoms with Crippen LogP contribution in [0, 0.1) is 0 Å². The van der Waals surface area contributed by atoms with Gasteiger partial charge in [0.15, 0.2) is 0 Å². The molecule has 2 nitrogen and oxygen atoms in total. The van der Waals surface area contributed by atoms with E-state index in [4.69, 9.17) is 9.47 Å². The van der Waals surface area contributed by atoms with E-state index in [0.29, 0.717) is 5.33 Å². The van der Waals surface area contributed by atoms with Crippen LogP contribution < -0.4 is 9.47 Å². The number of methoxy groups -OCH3 is 2. The van der Waals surface area contributed by atoms with Gasteiger partial charge in [0.2, 0.25) is 0 Å². The molecule has 13 heavy (non-hydrogen) atoms. The average Bonchev–Trinajstić information content (AvgIpc) is 2.17. The third-order valence-electron chi connectivity index (χ3n) is 1.73. The second-order valence-corrected chi connectivity index (χ2v) is 3.81. The molecule has 1 aromatic rings. The van der Waals surface area contributed by atoms with Gasteiger partial charge in [-0.2, -0.15) is 0 Å². The summed E-state index contributed by atoms with van der Waals surface area (Å²) in [6.45, 7) is 0. The Morgan fingerprint density at radius 2 is 1.92 bits per heavy atom. The van der Waals surface area contributed by atoms with Crippen molar-refractivity contribution in [3.8, 4) is 11.5 Å². The van der Waals surface area contributed by atoms with Gasteiger partial charge in [-0.05, 0) is 28.1 Å². The minimum Gasteiger partial charge on any atom is -0.496 e. The van der Waals surface area contributed by atoms with E-state index in [1.165, 1.54) is 0 Å². The highest BCUT2D eigenvalue weighted by Gasteiger charge is 2.11. The van der Waals surface area contributed by atoms with Crippen molar-refractivity contribution in [2.45, 2.75) is 5.33 Å². The van der Waals surface area contributed by atoms with Gasteiger partial charge in [-0.1, -0.05) is 15.9 Å². The van der Waals surface area contributed by atoms with Gasteiger partial charge in [-0.25, -0.2) is 0 Å². The lowest BCUT2D eigenvalue weighted by Gasteiger charge is -2.12. The minimum atomic E-state index is 0.707. The van der Waals surface area contributed by atoms with Crippen LogP contribution in [0.4, 0.5) is 0 Å². The third kappa shape index (κ3) is 2.17. The molecule has 0 radical (unpaired) electrons. The number of alkyl halides is 1. The summed E-state index contributed by atoms with van der Waals surface area (Å²) in [7, 11) is 3.29. The molecule has 0 atom stereocenters. The van der Waals surface area contributed by atoms with Gasteiger partial charge in [0.1, 0.15) is 11.5 Å². The third-order valence-corrected chi connectivity index (χ3v) is 2.91. The number of benzene rings is 1. The quantitative estimate of drug-likeness (QED) is 0.797. The molecule has 0 spiro atoms. The monoisotopic (exact) mass is 308 g/mol. The number of hydrogen-bond donors (Lipinski definition) is 0. The van der Waals surface area contributed by atoms with Gasteiger partial charge in [0, 0.05) is 10.9 Å². The molecule has 1 aromatic carbocycles. The smallest absolute Gasteiger partial charge is 0.140 e. The fraction of sp³-hybridized carbons (Fsp3) is 0.333. The Labute approximate surface area is 94.5 Å². The van der Waals surface area contributed by atoms with Crippen LogP contribution in [0.5, 0.6) is 11.5 Å². The maximum atomic E-state index is 5.25. The summed E-state index contributed by atoms with van der Waals surface area (Å²) in [6.07, 6.45) is 0. The fourth-order valence-electron chi connectivity index (χ4n) is 1.12. The first-order valence-electron chi connectivity index (χ1n) is 3.70. The molecule has 0 aliphatic heterocycles. The Morgan fingerprint density at radius 1 is 1.23 bits per heavy atom. The molecule has 4 heteroatoms. The van der Waals surface area contributed by atoms with Gasteiger partial charge in [-0.15, -0.1) is 0 Å². The summed E-state index contributed by atoms with van der Waals surface area (Å²) in [4.78, 5) is 0. The van der Waals surface area contributed by atoms with Crippen LogP contribution in [0.15, 0.2) is 16.6 Å². The topological polar surface area (TPSA) is 18.5 Å². The normalized spacial score (nSPS) is 9.85. The van der Waals surface area contributed by atoms with Crippen molar-refractivity contribution in [3.63, 3.8) is 0 Å². The first-order chi connectivity index (χ1) is 6.24. The molecule has 0 aliphatic rings. The first kappa shape index (κ1) is 10.9. The van der Waals surface area contributed by atoms with Gasteiger partial charge >= 0.3 is 0 Å². The molecule has 0 bridgehead atoms. The maximum Gasteiger partial charge on any atom is 0.140 e. The highest BCUT2D eigenvalue weighted by Crippen LogP contribution is 2.36. The first-order valence-corrected chi connectivity index (χ1v) is 5.61. The zero-order chi connectivity index (χ0) is 9.84. The molecule has 0 N–H and O–H groups in total. The lowest BCUT2D eigenvalue weighted by molar-refractivity contribution is 0.386. The molecule has 0 fully saturated rings. The molecule has 0 saturated carbocycles. The molecule has 0 unspecified atom stereocenters. The molecule has 1 rings (SSSR count). The zero-order valence-corrected chi connectivity index (χ0v) is 10.6. The van der Waals surface area contributed by atoms with Crippen molar-refractivity contribution in [3.05, 3.63) is 22.2 Å². The van der Waals surface area contributed by atoms with Crippen LogP contribution in [0.2, 0.25) is 0 Å². The Bertz CT molecular complexity index is 300. The molecule has 0 aromatic heterocycles. The second kappa shape index (κ2) is 4.86. The van der Waals surface area contributed by atoms with Crippen molar-refractivity contribution in [1.82, 2.24) is 0 Å². The van der Waals surface area contributed by atoms with Gasteiger partial charge in [0.25, 0.3) is 0 Å². The van der Waals surface area contributed by atoms with Crippen LogP contribution in [-0.4, -0.2) is 14.2 Å². The van der Waals surface area contributed by atoms with E-state index in [2.05, 4.69) is 31.9 Å². The molecule has 0 amide bonds. The molecular formula is C9H10Br2O2. The van der Waals surface area contributed by atoms with Gasteiger partial charge in [0.05, 0.1) is 18.7 Å². The largest absolute Gasteiger partial charge is 0.496 e. The molecular weight excluding hydrogens is 300 g/mol. The number of ether oxygens (including phenoxy) is 2. The Hall–Kier alpha value is -0.220. The summed E-state index contributed by atoms with van der Waals surface area (Å²) in [5.74, 6) is 1.65. The van der Waals surface area contributed by atoms with Crippen LogP contribution in [0.25, 0.3) is 0 Å². The summed E-state index contributed by atoms with van der Waals surface area (Å²) < 4.78 is 11.4. The highest BCUT2D eigenvalue weighted by molar-refractivity contribution is 9.10. The second-order valence-electron chi connectivity index (χ2n) is 2.40. The Kier molecular flexibility index (Phi) is 4.06. The zero-order valence-electron chi connectivity index (χ0n) is 7.43. The van der Waals surface area contributed by atoms with Crippen molar-refractivity contribution < 1.29 is 9.47 Å². The molecule has 0 saturated heterocycles. The van der Waals surface area contributed by atoms with Crippen LogP contribution in [0.1, 0.15) is 5.56 Å². The molecule has 72 valence electrons. The fourth-order valence-corrected chi connectivity index (χ4v) is 2.18. The van der Waals surface area contributed by atoms with E-state index in [1.54, 1.807) is 14.2 Å². The van der Waals surface area contributed by atoms with Crippen LogP contribution in [-0.2, 0) is 5.33 Å². The summed E-state index contributed by atoms with van der Waals surface area (Å²) in [5.41, 5.74) is 1.01. The predicted octanol–water partition coefficient (Wildman–Crippen LogP) is 3.36. The molecule has 0 aliphatic carbocycles. The van der Waals surface area contributed by atoms with Crippen LogP contribution >= 0.6 is 31.9 Å². The highest BCUT2D eigenvalue weighted by atomic mass is 79.9. The van der Waals surface area contributed by atoms with Crippen molar-refractivity contribution in [2.24, 2.45) is 0 Å².